The van der Waals surface area contributed by atoms with Crippen molar-refractivity contribution in [3.63, 3.8) is 0 Å². The molecule has 4 heteroatoms. The van der Waals surface area contributed by atoms with Gasteiger partial charge in [-0.25, -0.2) is 9.37 Å². The van der Waals surface area contributed by atoms with E-state index in [2.05, 4.69) is 72.6 Å². The standard InChI is InChI=1S/C16H20N2S.C2H3F/c1-3-4-5-8-15-12-19-16(18-15)17-14-9-6-7-13(2)10-11-14;1-2-3/h4-6,9-12H,3,7-8H2,1-2H3,(H,17,18);2H,1H2/b5-4-;. The van der Waals surface area contributed by atoms with Crippen molar-refractivity contribution in [2.45, 2.75) is 33.1 Å². The van der Waals surface area contributed by atoms with E-state index in [-0.39, 0.29) is 6.33 Å². The highest BCUT2D eigenvalue weighted by atomic mass is 32.1. The zero-order valence-electron chi connectivity index (χ0n) is 13.2. The van der Waals surface area contributed by atoms with Gasteiger partial charge < -0.3 is 5.32 Å². The number of allylic oxidation sites excluding steroid dienone is 7. The maximum atomic E-state index is 10.1. The summed E-state index contributed by atoms with van der Waals surface area (Å²) in [6.07, 6.45) is 16.2. The fourth-order valence-corrected chi connectivity index (χ4v) is 2.51. The first kappa shape index (κ1) is 18.1. The molecule has 0 saturated carbocycles. The lowest BCUT2D eigenvalue weighted by Gasteiger charge is -2.01. The van der Waals surface area contributed by atoms with E-state index in [1.54, 1.807) is 11.3 Å². The second-order valence-electron chi connectivity index (χ2n) is 4.75. The van der Waals surface area contributed by atoms with Crippen LogP contribution >= 0.6 is 11.3 Å². The minimum atomic E-state index is 0.250. The van der Waals surface area contributed by atoms with Crippen LogP contribution in [0.5, 0.6) is 0 Å². The molecular formula is C18H23FN2S. The van der Waals surface area contributed by atoms with E-state index < -0.39 is 0 Å². The van der Waals surface area contributed by atoms with Crippen molar-refractivity contribution >= 4 is 16.5 Å². The number of hydrogen-bond acceptors (Lipinski definition) is 3. The van der Waals surface area contributed by atoms with Gasteiger partial charge in [-0.3, -0.25) is 0 Å². The molecule has 0 aromatic carbocycles. The minimum absolute atomic E-state index is 0.250. The van der Waals surface area contributed by atoms with Gasteiger partial charge in [-0.1, -0.05) is 43.4 Å². The van der Waals surface area contributed by atoms with Crippen LogP contribution in [0, 0.1) is 0 Å². The van der Waals surface area contributed by atoms with Crippen molar-refractivity contribution in [3.8, 4) is 0 Å². The normalized spacial score (nSPS) is 13.8. The quantitative estimate of drug-likeness (QED) is 0.678. The monoisotopic (exact) mass is 318 g/mol. The third-order valence-electron chi connectivity index (χ3n) is 2.82. The average Bonchev–Trinajstić information content (AvgIpc) is 2.83. The Bertz CT molecular complexity index is 580. The Kier molecular flexibility index (Phi) is 8.84. The predicted molar refractivity (Wildman–Crippen MR) is 95.8 cm³/mol. The number of rotatable bonds is 5. The number of hydrogen-bond donors (Lipinski definition) is 1. The average molecular weight is 318 g/mol. The number of anilines is 1. The van der Waals surface area contributed by atoms with Crippen LogP contribution < -0.4 is 5.32 Å². The molecule has 0 fully saturated rings. The van der Waals surface area contributed by atoms with Crippen LogP contribution in [0.15, 0.2) is 66.0 Å². The molecule has 0 bridgehead atoms. The molecule has 1 heterocycles. The summed E-state index contributed by atoms with van der Waals surface area (Å²) in [5.74, 6) is 0. The highest BCUT2D eigenvalue weighted by Crippen LogP contribution is 2.19. The van der Waals surface area contributed by atoms with Gasteiger partial charge in [0.2, 0.25) is 0 Å². The van der Waals surface area contributed by atoms with Crippen molar-refractivity contribution in [1.29, 1.82) is 0 Å². The maximum Gasteiger partial charge on any atom is 0.187 e. The lowest BCUT2D eigenvalue weighted by molar-refractivity contribution is 0.725. The Labute approximate surface area is 136 Å². The van der Waals surface area contributed by atoms with Gasteiger partial charge in [0, 0.05) is 17.5 Å². The summed E-state index contributed by atoms with van der Waals surface area (Å²) in [7, 11) is 0. The second kappa shape index (κ2) is 10.7. The molecule has 118 valence electrons. The molecule has 0 aliphatic heterocycles. The molecule has 0 saturated heterocycles. The van der Waals surface area contributed by atoms with Crippen molar-refractivity contribution in [2.75, 3.05) is 5.32 Å². The van der Waals surface area contributed by atoms with Gasteiger partial charge in [-0.15, -0.1) is 11.3 Å². The smallest absolute Gasteiger partial charge is 0.187 e. The summed E-state index contributed by atoms with van der Waals surface area (Å²) in [6, 6.07) is 0. The molecule has 0 amide bonds. The molecule has 0 radical (unpaired) electrons. The molecule has 1 aromatic rings. The summed E-state index contributed by atoms with van der Waals surface area (Å²) >= 11 is 1.66. The summed E-state index contributed by atoms with van der Waals surface area (Å²) in [5, 5.41) is 6.44. The lowest BCUT2D eigenvalue weighted by atomic mass is 10.2. The van der Waals surface area contributed by atoms with E-state index in [1.807, 2.05) is 0 Å². The van der Waals surface area contributed by atoms with E-state index in [0.29, 0.717) is 0 Å². The van der Waals surface area contributed by atoms with Crippen LogP contribution in [0.2, 0.25) is 0 Å². The van der Waals surface area contributed by atoms with E-state index in [9.17, 15) is 4.39 Å². The third kappa shape index (κ3) is 7.18. The van der Waals surface area contributed by atoms with Gasteiger partial charge in [0.05, 0.1) is 12.0 Å². The lowest BCUT2D eigenvalue weighted by Crippen LogP contribution is -1.96. The molecule has 0 atom stereocenters. The zero-order chi connectivity index (χ0) is 16.2. The van der Waals surface area contributed by atoms with Crippen molar-refractivity contribution < 1.29 is 4.39 Å². The molecule has 1 aliphatic rings. The van der Waals surface area contributed by atoms with Crippen LogP contribution in [0.4, 0.5) is 9.52 Å². The molecular weight excluding hydrogens is 295 g/mol. The van der Waals surface area contributed by atoms with Gasteiger partial charge in [-0.2, -0.15) is 0 Å². The maximum absolute atomic E-state index is 10.1. The van der Waals surface area contributed by atoms with Crippen molar-refractivity contribution in [3.05, 3.63) is 71.7 Å². The second-order valence-corrected chi connectivity index (χ2v) is 5.61. The van der Waals surface area contributed by atoms with Crippen LogP contribution in [0.1, 0.15) is 32.4 Å². The summed E-state index contributed by atoms with van der Waals surface area (Å²) in [4.78, 5) is 4.59. The predicted octanol–water partition coefficient (Wildman–Crippen LogP) is 5.95. The molecule has 1 aromatic heterocycles. The van der Waals surface area contributed by atoms with Gasteiger partial charge in [0.1, 0.15) is 0 Å². The van der Waals surface area contributed by atoms with Gasteiger partial charge >= 0.3 is 0 Å². The molecule has 2 rings (SSSR count). The molecule has 1 aliphatic carbocycles. The number of nitrogens with one attached hydrogen (secondary N) is 1. The van der Waals surface area contributed by atoms with E-state index in [1.165, 1.54) is 5.57 Å². The van der Waals surface area contributed by atoms with Crippen molar-refractivity contribution in [1.82, 2.24) is 4.98 Å². The first-order valence-electron chi connectivity index (χ1n) is 7.31. The number of nitrogens with zero attached hydrogens (tertiary/aromatic N) is 1. The van der Waals surface area contributed by atoms with E-state index in [4.69, 9.17) is 0 Å². The van der Waals surface area contributed by atoms with Gasteiger partial charge in [0.15, 0.2) is 5.13 Å². The van der Waals surface area contributed by atoms with Crippen LogP contribution in [0.25, 0.3) is 0 Å². The Balaban J connectivity index is 0.000000745. The molecule has 1 N–H and O–H groups in total. The number of thiazole rings is 1. The summed E-state index contributed by atoms with van der Waals surface area (Å²) in [6.45, 7) is 6.98. The summed E-state index contributed by atoms with van der Waals surface area (Å²) < 4.78 is 10.1. The first-order valence-corrected chi connectivity index (χ1v) is 8.19. The van der Waals surface area contributed by atoms with Crippen LogP contribution in [0.3, 0.4) is 0 Å². The molecule has 22 heavy (non-hydrogen) atoms. The van der Waals surface area contributed by atoms with Crippen molar-refractivity contribution in [2.24, 2.45) is 0 Å². The fraction of sp³-hybridized carbons (Fsp3) is 0.278. The third-order valence-corrected chi connectivity index (χ3v) is 3.62. The highest BCUT2D eigenvalue weighted by molar-refractivity contribution is 7.13. The zero-order valence-corrected chi connectivity index (χ0v) is 14.0. The molecule has 0 spiro atoms. The number of aromatic nitrogens is 1. The highest BCUT2D eigenvalue weighted by Gasteiger charge is 2.02. The SMILES string of the molecule is C=CF.CC/C=C\Cc1csc(NC2=CC=C(C)CC=C2)n1. The van der Waals surface area contributed by atoms with Gasteiger partial charge in [0.25, 0.3) is 0 Å². The van der Waals surface area contributed by atoms with Gasteiger partial charge in [-0.05, 0) is 31.9 Å². The minimum Gasteiger partial charge on any atom is -0.332 e. The Hall–Kier alpha value is -1.94. The Morgan fingerprint density at radius 3 is 2.91 bits per heavy atom. The topological polar surface area (TPSA) is 24.9 Å². The Morgan fingerprint density at radius 2 is 2.18 bits per heavy atom. The molecule has 0 unspecified atom stereocenters. The molecule has 2 nitrogen and oxygen atoms in total. The van der Waals surface area contributed by atoms with Crippen LogP contribution in [-0.4, -0.2) is 4.98 Å². The van der Waals surface area contributed by atoms with Crippen LogP contribution in [-0.2, 0) is 6.42 Å². The number of halogens is 1. The largest absolute Gasteiger partial charge is 0.332 e. The van der Waals surface area contributed by atoms with E-state index in [0.717, 1.165) is 35.8 Å². The summed E-state index contributed by atoms with van der Waals surface area (Å²) in [5.41, 5.74) is 3.60. The first-order chi connectivity index (χ1) is 10.7. The Morgan fingerprint density at radius 1 is 1.41 bits per heavy atom. The van der Waals surface area contributed by atoms with E-state index >= 15 is 0 Å². The fourth-order valence-electron chi connectivity index (χ4n) is 1.76.